The first-order valence-corrected chi connectivity index (χ1v) is 8.12. The van der Waals surface area contributed by atoms with Crippen LogP contribution in [-0.4, -0.2) is 37.0 Å². The second kappa shape index (κ2) is 7.11. The summed E-state index contributed by atoms with van der Waals surface area (Å²) in [5.74, 6) is 0.778. The van der Waals surface area contributed by atoms with Crippen LogP contribution in [0.25, 0.3) is 0 Å². The van der Waals surface area contributed by atoms with Gasteiger partial charge in [0.25, 0.3) is 0 Å². The highest BCUT2D eigenvalue weighted by Crippen LogP contribution is 2.31. The minimum Gasteiger partial charge on any atom is -0.390 e. The van der Waals surface area contributed by atoms with E-state index in [-0.39, 0.29) is 12.1 Å². The van der Waals surface area contributed by atoms with E-state index in [2.05, 4.69) is 10.6 Å². The van der Waals surface area contributed by atoms with Gasteiger partial charge in [0.2, 0.25) is 0 Å². The smallest absolute Gasteiger partial charge is 0.315 e. The molecule has 5 heteroatoms. The van der Waals surface area contributed by atoms with Crippen molar-refractivity contribution in [3.63, 3.8) is 0 Å². The minimum absolute atomic E-state index is 0.233. The Balaban J connectivity index is 1.36. The van der Waals surface area contributed by atoms with E-state index in [9.17, 15) is 9.90 Å². The van der Waals surface area contributed by atoms with E-state index >= 15 is 0 Å². The first kappa shape index (κ1) is 15.3. The summed E-state index contributed by atoms with van der Waals surface area (Å²) in [6.07, 6.45) is 3.45. The molecule has 1 fully saturated rings. The molecular weight excluding hydrogens is 280 g/mol. The van der Waals surface area contributed by atoms with Gasteiger partial charge >= 0.3 is 6.03 Å². The summed E-state index contributed by atoms with van der Waals surface area (Å²) in [7, 11) is 0. The fourth-order valence-corrected chi connectivity index (χ4v) is 2.85. The van der Waals surface area contributed by atoms with Crippen LogP contribution in [0.15, 0.2) is 24.3 Å². The molecule has 0 aromatic heterocycles. The molecule has 2 aliphatic rings. The van der Waals surface area contributed by atoms with Crippen molar-refractivity contribution in [3.05, 3.63) is 35.4 Å². The number of nitrogens with one attached hydrogen (secondary N) is 2. The van der Waals surface area contributed by atoms with Crippen molar-refractivity contribution in [2.75, 3.05) is 19.8 Å². The summed E-state index contributed by atoms with van der Waals surface area (Å²) in [5, 5.41) is 15.8. The first-order chi connectivity index (χ1) is 10.7. The molecule has 0 bridgehead atoms. The van der Waals surface area contributed by atoms with Crippen LogP contribution in [-0.2, 0) is 11.2 Å². The van der Waals surface area contributed by atoms with Crippen LogP contribution >= 0.6 is 0 Å². The van der Waals surface area contributed by atoms with Gasteiger partial charge in [-0.1, -0.05) is 24.3 Å². The van der Waals surface area contributed by atoms with E-state index in [1.165, 1.54) is 12.8 Å². The van der Waals surface area contributed by atoms with Crippen molar-refractivity contribution in [3.8, 4) is 0 Å². The third-order valence-electron chi connectivity index (χ3n) is 4.29. The highest BCUT2D eigenvalue weighted by Gasteiger charge is 2.31. The number of benzene rings is 1. The first-order valence-electron chi connectivity index (χ1n) is 8.12. The maximum atomic E-state index is 11.9. The number of amides is 2. The van der Waals surface area contributed by atoms with Gasteiger partial charge in [-0.2, -0.15) is 0 Å². The molecule has 120 valence electrons. The zero-order valence-corrected chi connectivity index (χ0v) is 12.8. The highest BCUT2D eigenvalue weighted by molar-refractivity contribution is 5.74. The molecule has 2 aliphatic carbocycles. The van der Waals surface area contributed by atoms with Gasteiger partial charge in [0.15, 0.2) is 0 Å². The molecule has 3 rings (SSSR count). The van der Waals surface area contributed by atoms with Crippen LogP contribution in [0.3, 0.4) is 0 Å². The fraction of sp³-hybridized carbons (Fsp3) is 0.588. The fourth-order valence-electron chi connectivity index (χ4n) is 2.85. The van der Waals surface area contributed by atoms with E-state index in [1.54, 1.807) is 0 Å². The molecule has 3 N–H and O–H groups in total. The minimum atomic E-state index is -0.551. The molecule has 1 saturated carbocycles. The summed E-state index contributed by atoms with van der Waals surface area (Å²) >= 11 is 0. The van der Waals surface area contributed by atoms with Gasteiger partial charge in [-0.25, -0.2) is 4.79 Å². The average molecular weight is 304 g/mol. The van der Waals surface area contributed by atoms with Crippen LogP contribution in [0.5, 0.6) is 0 Å². The Hall–Kier alpha value is -1.59. The quantitative estimate of drug-likeness (QED) is 0.672. The Morgan fingerprint density at radius 2 is 2.14 bits per heavy atom. The van der Waals surface area contributed by atoms with E-state index in [0.717, 1.165) is 30.1 Å². The second-order valence-electron chi connectivity index (χ2n) is 6.22. The van der Waals surface area contributed by atoms with Gasteiger partial charge in [0.1, 0.15) is 0 Å². The maximum absolute atomic E-state index is 11.9. The lowest BCUT2D eigenvalue weighted by atomic mass is 10.1. The Bertz CT molecular complexity index is 516. The number of fused-ring (bicyclic) bond motifs is 1. The lowest BCUT2D eigenvalue weighted by Crippen LogP contribution is -2.41. The molecule has 2 amide bonds. The summed E-state index contributed by atoms with van der Waals surface area (Å²) < 4.78 is 5.52. The zero-order chi connectivity index (χ0) is 15.4. The van der Waals surface area contributed by atoms with Crippen LogP contribution in [0, 0.1) is 5.92 Å². The number of urea groups is 1. The molecule has 1 aromatic rings. The number of hydrogen-bond acceptors (Lipinski definition) is 3. The zero-order valence-electron chi connectivity index (χ0n) is 12.8. The lowest BCUT2D eigenvalue weighted by Gasteiger charge is -2.18. The normalized spacial score (nSPS) is 23.1. The maximum Gasteiger partial charge on any atom is 0.315 e. The largest absolute Gasteiger partial charge is 0.390 e. The van der Waals surface area contributed by atoms with Gasteiger partial charge in [-0.05, 0) is 36.3 Å². The molecule has 0 spiro atoms. The third-order valence-corrected chi connectivity index (χ3v) is 4.29. The molecule has 5 nitrogen and oxygen atoms in total. The van der Waals surface area contributed by atoms with Gasteiger partial charge < -0.3 is 20.5 Å². The molecule has 0 heterocycles. The number of ether oxygens (including phenoxy) is 1. The number of aliphatic hydroxyl groups excluding tert-OH is 1. The van der Waals surface area contributed by atoms with Crippen molar-refractivity contribution >= 4 is 6.03 Å². The lowest BCUT2D eigenvalue weighted by molar-refractivity contribution is 0.121. The number of aliphatic hydroxyl groups is 1. The van der Waals surface area contributed by atoms with Crippen molar-refractivity contribution in [1.29, 1.82) is 0 Å². The van der Waals surface area contributed by atoms with Crippen molar-refractivity contribution < 1.29 is 14.6 Å². The SMILES string of the molecule is O=C(NCCCOCC1CC1)N[C@@H]1c2ccccc2C[C@@H]1O. The Morgan fingerprint density at radius 1 is 1.32 bits per heavy atom. The number of carbonyl (C=O) groups is 1. The van der Waals surface area contributed by atoms with Crippen molar-refractivity contribution in [2.24, 2.45) is 5.92 Å². The predicted molar refractivity (Wildman–Crippen MR) is 83.6 cm³/mol. The summed E-state index contributed by atoms with van der Waals surface area (Å²) in [4.78, 5) is 11.9. The van der Waals surface area contributed by atoms with E-state index < -0.39 is 6.10 Å². The second-order valence-corrected chi connectivity index (χ2v) is 6.22. The van der Waals surface area contributed by atoms with Crippen LogP contribution in [0.1, 0.15) is 36.4 Å². The highest BCUT2D eigenvalue weighted by atomic mass is 16.5. The van der Waals surface area contributed by atoms with Crippen molar-refractivity contribution in [1.82, 2.24) is 10.6 Å². The average Bonchev–Trinajstić information content (AvgIpc) is 3.28. The summed E-state index contributed by atoms with van der Waals surface area (Å²) in [5.41, 5.74) is 2.12. The van der Waals surface area contributed by atoms with E-state index in [0.29, 0.717) is 19.6 Å². The molecule has 1 aromatic carbocycles. The molecule has 0 saturated heterocycles. The summed E-state index contributed by atoms with van der Waals surface area (Å²) in [6, 6.07) is 7.29. The van der Waals surface area contributed by atoms with Gasteiger partial charge in [0.05, 0.1) is 12.1 Å². The monoisotopic (exact) mass is 304 g/mol. The predicted octanol–water partition coefficient (Wildman–Crippen LogP) is 1.76. The van der Waals surface area contributed by atoms with Crippen LogP contribution in [0.2, 0.25) is 0 Å². The number of carbonyl (C=O) groups excluding carboxylic acids is 1. The standard InChI is InChI=1S/C17H24N2O3/c20-15-10-13-4-1-2-5-14(13)16(15)19-17(21)18-8-3-9-22-11-12-6-7-12/h1-2,4-5,12,15-16,20H,3,6-11H2,(H2,18,19,21)/t15-,16+/m0/s1. The van der Waals surface area contributed by atoms with Gasteiger partial charge in [0, 0.05) is 26.2 Å². The molecule has 0 radical (unpaired) electrons. The van der Waals surface area contributed by atoms with E-state index in [1.807, 2.05) is 24.3 Å². The molecule has 2 atom stereocenters. The molecule has 0 aliphatic heterocycles. The Labute approximate surface area is 131 Å². The summed E-state index contributed by atoms with van der Waals surface area (Å²) in [6.45, 7) is 2.13. The van der Waals surface area contributed by atoms with Crippen molar-refractivity contribution in [2.45, 2.75) is 37.8 Å². The number of hydrogen-bond donors (Lipinski definition) is 3. The van der Waals surface area contributed by atoms with Gasteiger partial charge in [-0.15, -0.1) is 0 Å². The topological polar surface area (TPSA) is 70.6 Å². The van der Waals surface area contributed by atoms with Gasteiger partial charge in [-0.3, -0.25) is 0 Å². The van der Waals surface area contributed by atoms with Crippen LogP contribution < -0.4 is 10.6 Å². The van der Waals surface area contributed by atoms with E-state index in [4.69, 9.17) is 4.74 Å². The Kier molecular flexibility index (Phi) is 4.95. The third kappa shape index (κ3) is 3.99. The van der Waals surface area contributed by atoms with Crippen LogP contribution in [0.4, 0.5) is 4.79 Å². The molecular formula is C17H24N2O3. The molecule has 0 unspecified atom stereocenters. The number of rotatable bonds is 7. The Morgan fingerprint density at radius 3 is 2.95 bits per heavy atom. The molecule has 22 heavy (non-hydrogen) atoms.